The molecule has 0 aliphatic rings. The van der Waals surface area contributed by atoms with Crippen LogP contribution in [0.3, 0.4) is 0 Å². The van der Waals surface area contributed by atoms with Gasteiger partial charge in [-0.1, -0.05) is 72.8 Å². The second-order valence-corrected chi connectivity index (χ2v) is 5.67. The molecule has 0 N–H and O–H groups in total. The molecule has 1 aromatic heterocycles. The van der Waals surface area contributed by atoms with Crippen LogP contribution < -0.4 is 0 Å². The third kappa shape index (κ3) is 2.72. The summed E-state index contributed by atoms with van der Waals surface area (Å²) < 4.78 is 1.89. The van der Waals surface area contributed by atoms with E-state index in [1.165, 1.54) is 11.1 Å². The van der Waals surface area contributed by atoms with Crippen molar-refractivity contribution in [2.75, 3.05) is 0 Å². The predicted molar refractivity (Wildman–Crippen MR) is 97.0 cm³/mol. The first-order chi connectivity index (χ1) is 11.8. The van der Waals surface area contributed by atoms with E-state index in [0.29, 0.717) is 0 Å². The van der Waals surface area contributed by atoms with Crippen molar-refractivity contribution >= 4 is 0 Å². The van der Waals surface area contributed by atoms with E-state index in [-0.39, 0.29) is 0 Å². The van der Waals surface area contributed by atoms with Crippen molar-refractivity contribution in [3.63, 3.8) is 0 Å². The highest BCUT2D eigenvalue weighted by Gasteiger charge is 2.09. The van der Waals surface area contributed by atoms with E-state index in [2.05, 4.69) is 58.6 Å². The third-order valence-corrected chi connectivity index (χ3v) is 4.02. The van der Waals surface area contributed by atoms with Gasteiger partial charge in [0.15, 0.2) is 5.82 Å². The quantitative estimate of drug-likeness (QED) is 0.538. The summed E-state index contributed by atoms with van der Waals surface area (Å²) in [6.45, 7) is 1.98. The largest absolute Gasteiger partial charge is 0.218 e. The van der Waals surface area contributed by atoms with E-state index in [1.54, 1.807) is 0 Å². The van der Waals surface area contributed by atoms with Gasteiger partial charge in [0.25, 0.3) is 0 Å². The number of hydrogen-bond acceptors (Lipinski definition) is 2. The Morgan fingerprint density at radius 2 is 1.17 bits per heavy atom. The van der Waals surface area contributed by atoms with E-state index in [4.69, 9.17) is 0 Å². The minimum Gasteiger partial charge on any atom is -0.218 e. The normalized spacial score (nSPS) is 10.7. The molecule has 3 aromatic carbocycles. The number of rotatable bonds is 3. The van der Waals surface area contributed by atoms with Crippen LogP contribution >= 0.6 is 0 Å². The van der Waals surface area contributed by atoms with Gasteiger partial charge in [-0.15, -0.1) is 5.10 Å². The smallest absolute Gasteiger partial charge is 0.181 e. The van der Waals surface area contributed by atoms with E-state index in [9.17, 15) is 0 Å². The standard InChI is InChI=1S/C21H17N3/c1-16-22-21(19-10-6-3-7-11-19)23-24(16)20-14-12-18(13-15-20)17-8-4-2-5-9-17/h2-15H,1H3. The van der Waals surface area contributed by atoms with Crippen molar-refractivity contribution in [2.45, 2.75) is 6.92 Å². The van der Waals surface area contributed by atoms with Gasteiger partial charge >= 0.3 is 0 Å². The number of nitrogens with zero attached hydrogens (tertiary/aromatic N) is 3. The summed E-state index contributed by atoms with van der Waals surface area (Å²) in [6.07, 6.45) is 0. The average Bonchev–Trinajstić information content (AvgIpc) is 3.05. The van der Waals surface area contributed by atoms with Crippen LogP contribution in [0.25, 0.3) is 28.2 Å². The van der Waals surface area contributed by atoms with E-state index < -0.39 is 0 Å². The molecule has 0 aliphatic carbocycles. The fraction of sp³-hybridized carbons (Fsp3) is 0.0476. The van der Waals surface area contributed by atoms with Crippen molar-refractivity contribution in [2.24, 2.45) is 0 Å². The molecule has 0 atom stereocenters. The van der Waals surface area contributed by atoms with E-state index >= 15 is 0 Å². The van der Waals surface area contributed by atoms with Crippen molar-refractivity contribution in [1.82, 2.24) is 14.8 Å². The van der Waals surface area contributed by atoms with Gasteiger partial charge in [0.2, 0.25) is 0 Å². The molecule has 4 aromatic rings. The van der Waals surface area contributed by atoms with Gasteiger partial charge in [0.1, 0.15) is 5.82 Å². The molecule has 0 amide bonds. The molecule has 0 unspecified atom stereocenters. The fourth-order valence-corrected chi connectivity index (χ4v) is 2.77. The van der Waals surface area contributed by atoms with Gasteiger partial charge < -0.3 is 0 Å². The molecule has 0 aliphatic heterocycles. The zero-order chi connectivity index (χ0) is 16.4. The Kier molecular flexibility index (Phi) is 3.67. The Morgan fingerprint density at radius 3 is 1.79 bits per heavy atom. The van der Waals surface area contributed by atoms with Crippen molar-refractivity contribution < 1.29 is 0 Å². The van der Waals surface area contributed by atoms with Crippen LogP contribution in [-0.2, 0) is 0 Å². The summed E-state index contributed by atoms with van der Waals surface area (Å²) in [5.74, 6) is 1.63. The Bertz CT molecular complexity index is 940. The lowest BCUT2D eigenvalue weighted by molar-refractivity contribution is 0.842. The molecule has 0 bridgehead atoms. The first-order valence-corrected chi connectivity index (χ1v) is 7.96. The van der Waals surface area contributed by atoms with E-state index in [0.717, 1.165) is 22.9 Å². The van der Waals surface area contributed by atoms with Crippen molar-refractivity contribution in [1.29, 1.82) is 0 Å². The monoisotopic (exact) mass is 311 g/mol. The molecule has 3 nitrogen and oxygen atoms in total. The third-order valence-electron chi connectivity index (χ3n) is 4.02. The van der Waals surface area contributed by atoms with Crippen LogP contribution in [0.1, 0.15) is 5.82 Å². The van der Waals surface area contributed by atoms with Crippen LogP contribution in [0.4, 0.5) is 0 Å². The highest BCUT2D eigenvalue weighted by atomic mass is 15.3. The summed E-state index contributed by atoms with van der Waals surface area (Å²) >= 11 is 0. The lowest BCUT2D eigenvalue weighted by Gasteiger charge is -2.05. The van der Waals surface area contributed by atoms with Crippen LogP contribution in [0, 0.1) is 6.92 Å². The first kappa shape index (κ1) is 14.4. The molecule has 3 heteroatoms. The van der Waals surface area contributed by atoms with Crippen LogP contribution in [0.15, 0.2) is 84.9 Å². The first-order valence-electron chi connectivity index (χ1n) is 7.96. The molecule has 116 valence electrons. The zero-order valence-electron chi connectivity index (χ0n) is 13.4. The Labute approximate surface area is 141 Å². The summed E-state index contributed by atoms with van der Waals surface area (Å²) in [5.41, 5.74) is 4.45. The molecule has 1 heterocycles. The van der Waals surface area contributed by atoms with Crippen LogP contribution in [-0.4, -0.2) is 14.8 Å². The summed E-state index contributed by atoms with van der Waals surface area (Å²) in [6, 6.07) is 28.8. The lowest BCUT2D eigenvalue weighted by Crippen LogP contribution is -1.99. The second-order valence-electron chi connectivity index (χ2n) is 5.67. The SMILES string of the molecule is Cc1nc(-c2ccccc2)nn1-c1ccc(-c2ccccc2)cc1. The van der Waals surface area contributed by atoms with E-state index in [1.807, 2.05) is 48.0 Å². The van der Waals surface area contributed by atoms with Crippen molar-refractivity contribution in [3.8, 4) is 28.2 Å². The van der Waals surface area contributed by atoms with Gasteiger partial charge in [-0.05, 0) is 30.2 Å². The molecule has 24 heavy (non-hydrogen) atoms. The molecule has 0 saturated heterocycles. The molecular formula is C21H17N3. The maximum absolute atomic E-state index is 4.66. The Hall–Kier alpha value is -3.20. The molecule has 4 rings (SSSR count). The molecular weight excluding hydrogens is 294 g/mol. The lowest BCUT2D eigenvalue weighted by atomic mass is 10.1. The maximum atomic E-state index is 4.66. The van der Waals surface area contributed by atoms with Gasteiger partial charge in [-0.2, -0.15) is 0 Å². The van der Waals surface area contributed by atoms with Gasteiger partial charge in [0, 0.05) is 5.56 Å². The van der Waals surface area contributed by atoms with Gasteiger partial charge in [0.05, 0.1) is 5.69 Å². The summed E-state index contributed by atoms with van der Waals surface area (Å²) in [4.78, 5) is 4.59. The number of hydrogen-bond donors (Lipinski definition) is 0. The number of benzene rings is 3. The molecule has 0 radical (unpaired) electrons. The predicted octanol–water partition coefficient (Wildman–Crippen LogP) is 4.91. The van der Waals surface area contributed by atoms with Crippen LogP contribution in [0.2, 0.25) is 0 Å². The number of aryl methyl sites for hydroxylation is 1. The number of aromatic nitrogens is 3. The topological polar surface area (TPSA) is 30.7 Å². The minimum absolute atomic E-state index is 0.750. The average molecular weight is 311 g/mol. The zero-order valence-corrected chi connectivity index (χ0v) is 13.4. The molecule has 0 spiro atoms. The van der Waals surface area contributed by atoms with Gasteiger partial charge in [-0.3, -0.25) is 0 Å². The Morgan fingerprint density at radius 1 is 0.625 bits per heavy atom. The fourth-order valence-electron chi connectivity index (χ4n) is 2.77. The van der Waals surface area contributed by atoms with Crippen LogP contribution in [0.5, 0.6) is 0 Å². The minimum atomic E-state index is 0.750. The summed E-state index contributed by atoms with van der Waals surface area (Å²) in [7, 11) is 0. The molecule has 0 fully saturated rings. The highest BCUT2D eigenvalue weighted by Crippen LogP contribution is 2.22. The van der Waals surface area contributed by atoms with Crippen molar-refractivity contribution in [3.05, 3.63) is 90.8 Å². The molecule has 0 saturated carbocycles. The Balaban J connectivity index is 1.68. The highest BCUT2D eigenvalue weighted by molar-refractivity contribution is 5.64. The summed E-state index contributed by atoms with van der Waals surface area (Å²) in [5, 5.41) is 4.66. The second kappa shape index (κ2) is 6.13. The van der Waals surface area contributed by atoms with Gasteiger partial charge in [-0.25, -0.2) is 9.67 Å². The maximum Gasteiger partial charge on any atom is 0.181 e.